The quantitative estimate of drug-likeness (QED) is 0.810. The minimum atomic E-state index is -1.42. The van der Waals surface area contributed by atoms with Crippen LogP contribution in [0.15, 0.2) is 54.6 Å². The van der Waals surface area contributed by atoms with Crippen LogP contribution < -0.4 is 4.90 Å². The van der Waals surface area contributed by atoms with Gasteiger partial charge >= 0.3 is 5.97 Å². The van der Waals surface area contributed by atoms with Crippen molar-refractivity contribution in [1.82, 2.24) is 4.90 Å². The summed E-state index contributed by atoms with van der Waals surface area (Å²) < 4.78 is 18.8. The fourth-order valence-electron chi connectivity index (χ4n) is 2.98. The number of rotatable bonds is 5. The number of carbonyl (C=O) groups is 2. The molecule has 1 saturated heterocycles. The van der Waals surface area contributed by atoms with E-state index >= 15 is 0 Å². The Morgan fingerprint density at radius 2 is 1.63 bits per heavy atom. The molecule has 3 rings (SSSR count). The van der Waals surface area contributed by atoms with Gasteiger partial charge in [-0.15, -0.1) is 0 Å². The summed E-state index contributed by atoms with van der Waals surface area (Å²) in [5, 5.41) is 9.96. The Hall–Kier alpha value is -2.93. The van der Waals surface area contributed by atoms with Crippen LogP contribution >= 0.6 is 0 Å². The van der Waals surface area contributed by atoms with E-state index in [9.17, 15) is 19.1 Å². The van der Waals surface area contributed by atoms with Crippen molar-refractivity contribution in [3.05, 3.63) is 66.0 Å². The van der Waals surface area contributed by atoms with Crippen molar-refractivity contribution in [1.29, 1.82) is 0 Å². The molecule has 0 saturated carbocycles. The summed E-state index contributed by atoms with van der Waals surface area (Å²) >= 11 is 0. The van der Waals surface area contributed by atoms with Gasteiger partial charge in [-0.3, -0.25) is 4.79 Å². The van der Waals surface area contributed by atoms with E-state index in [0.29, 0.717) is 37.4 Å². The Kier molecular flexibility index (Phi) is 6.03. The van der Waals surface area contributed by atoms with Crippen LogP contribution in [0.2, 0.25) is 0 Å². The van der Waals surface area contributed by atoms with Gasteiger partial charge < -0.3 is 19.6 Å². The molecule has 0 unspecified atom stereocenters. The summed E-state index contributed by atoms with van der Waals surface area (Å²) in [5.41, 5.74) is 0.926. The lowest BCUT2D eigenvalue weighted by molar-refractivity contribution is -0.159. The molecule has 7 heteroatoms. The lowest BCUT2D eigenvalue weighted by Crippen LogP contribution is -2.50. The fourth-order valence-corrected chi connectivity index (χ4v) is 2.98. The van der Waals surface area contributed by atoms with Crippen LogP contribution in [-0.4, -0.2) is 54.7 Å². The molecule has 0 bridgehead atoms. The number of benzene rings is 2. The van der Waals surface area contributed by atoms with Crippen molar-refractivity contribution in [3.8, 4) is 0 Å². The summed E-state index contributed by atoms with van der Waals surface area (Å²) in [6, 6.07) is 14.9. The minimum absolute atomic E-state index is 0.291. The zero-order valence-electron chi connectivity index (χ0n) is 14.8. The van der Waals surface area contributed by atoms with Crippen molar-refractivity contribution in [2.24, 2.45) is 0 Å². The van der Waals surface area contributed by atoms with Crippen LogP contribution in [0.25, 0.3) is 0 Å². The number of aliphatic hydroxyl groups excluding tert-OH is 1. The average molecular weight is 372 g/mol. The molecule has 1 amide bonds. The number of para-hydroxylation sites is 1. The van der Waals surface area contributed by atoms with Crippen molar-refractivity contribution >= 4 is 17.6 Å². The van der Waals surface area contributed by atoms with E-state index in [2.05, 4.69) is 0 Å². The minimum Gasteiger partial charge on any atom is -0.453 e. The van der Waals surface area contributed by atoms with E-state index in [-0.39, 0.29) is 11.7 Å². The van der Waals surface area contributed by atoms with E-state index in [1.165, 1.54) is 6.07 Å². The highest BCUT2D eigenvalue weighted by molar-refractivity contribution is 5.82. The van der Waals surface area contributed by atoms with E-state index in [0.717, 1.165) is 0 Å². The number of carbonyl (C=O) groups excluding carboxylic acids is 2. The lowest BCUT2D eigenvalue weighted by atomic mass is 10.1. The van der Waals surface area contributed by atoms with Crippen molar-refractivity contribution in [2.45, 2.75) is 6.10 Å². The highest BCUT2D eigenvalue weighted by Crippen LogP contribution is 2.20. The molecule has 1 aliphatic rings. The lowest BCUT2D eigenvalue weighted by Gasteiger charge is -2.36. The van der Waals surface area contributed by atoms with E-state index in [4.69, 9.17) is 4.74 Å². The predicted molar refractivity (Wildman–Crippen MR) is 97.6 cm³/mol. The molecular weight excluding hydrogens is 351 g/mol. The van der Waals surface area contributed by atoms with Gasteiger partial charge in [-0.05, 0) is 17.7 Å². The molecule has 0 spiro atoms. The molecule has 1 heterocycles. The summed E-state index contributed by atoms with van der Waals surface area (Å²) in [6.07, 6.45) is -1.42. The largest absolute Gasteiger partial charge is 0.453 e. The number of piperazine rings is 1. The van der Waals surface area contributed by atoms with Crippen LogP contribution in [0.3, 0.4) is 0 Å². The molecule has 0 radical (unpaired) electrons. The maximum Gasteiger partial charge on any atom is 0.340 e. The van der Waals surface area contributed by atoms with E-state index in [1.54, 1.807) is 53.4 Å². The number of aliphatic hydroxyl groups is 1. The Morgan fingerprint density at radius 1 is 1.00 bits per heavy atom. The Labute approximate surface area is 156 Å². The molecule has 27 heavy (non-hydrogen) atoms. The predicted octanol–water partition coefficient (Wildman–Crippen LogP) is 1.75. The van der Waals surface area contributed by atoms with Gasteiger partial charge in [0, 0.05) is 26.2 Å². The van der Waals surface area contributed by atoms with Crippen LogP contribution in [0.4, 0.5) is 10.1 Å². The molecular formula is C20H21FN2O4. The third kappa shape index (κ3) is 4.62. The first kappa shape index (κ1) is 18.8. The van der Waals surface area contributed by atoms with Gasteiger partial charge in [0.25, 0.3) is 5.91 Å². The fraction of sp³-hybridized carbons (Fsp3) is 0.300. The summed E-state index contributed by atoms with van der Waals surface area (Å²) in [5.74, 6) is -1.49. The highest BCUT2D eigenvalue weighted by atomic mass is 19.1. The second-order valence-electron chi connectivity index (χ2n) is 6.24. The molecule has 0 aromatic heterocycles. The third-order valence-corrected chi connectivity index (χ3v) is 4.50. The standard InChI is InChI=1S/C20H21FN2O4/c21-16-8-4-5-9-17(16)22-10-12-23(13-11-22)18(24)14-27-20(26)19(25)15-6-2-1-3-7-15/h1-9,19,25H,10-14H2/t19-/m1/s1. The molecule has 142 valence electrons. The van der Waals surface area contributed by atoms with E-state index in [1.807, 2.05) is 4.90 Å². The molecule has 6 nitrogen and oxygen atoms in total. The summed E-state index contributed by atoms with van der Waals surface area (Å²) in [6.45, 7) is 1.38. The zero-order valence-corrected chi connectivity index (χ0v) is 14.8. The van der Waals surface area contributed by atoms with Crippen LogP contribution in [0, 0.1) is 5.82 Å². The van der Waals surface area contributed by atoms with Crippen LogP contribution in [-0.2, 0) is 14.3 Å². The molecule has 0 aliphatic carbocycles. The van der Waals surface area contributed by atoms with Gasteiger partial charge in [0.05, 0.1) is 5.69 Å². The smallest absolute Gasteiger partial charge is 0.340 e. The van der Waals surface area contributed by atoms with Crippen LogP contribution in [0.5, 0.6) is 0 Å². The summed E-state index contributed by atoms with van der Waals surface area (Å²) in [7, 11) is 0. The monoisotopic (exact) mass is 372 g/mol. The first-order valence-corrected chi connectivity index (χ1v) is 8.73. The number of anilines is 1. The number of esters is 1. The normalized spacial score (nSPS) is 15.3. The summed E-state index contributed by atoms with van der Waals surface area (Å²) in [4.78, 5) is 27.6. The van der Waals surface area contributed by atoms with Gasteiger partial charge in [-0.1, -0.05) is 42.5 Å². The molecule has 2 aromatic carbocycles. The van der Waals surface area contributed by atoms with Gasteiger partial charge in [0.1, 0.15) is 5.82 Å². The first-order chi connectivity index (χ1) is 13.1. The maximum atomic E-state index is 13.9. The Bertz CT molecular complexity index is 792. The number of ether oxygens (including phenoxy) is 1. The first-order valence-electron chi connectivity index (χ1n) is 8.73. The van der Waals surface area contributed by atoms with Gasteiger partial charge in [0.2, 0.25) is 0 Å². The second kappa shape index (κ2) is 8.64. The van der Waals surface area contributed by atoms with Crippen molar-refractivity contribution < 1.29 is 23.8 Å². The number of hydrogen-bond donors (Lipinski definition) is 1. The van der Waals surface area contributed by atoms with Crippen molar-refractivity contribution in [3.63, 3.8) is 0 Å². The van der Waals surface area contributed by atoms with Crippen molar-refractivity contribution in [2.75, 3.05) is 37.7 Å². The molecule has 1 N–H and O–H groups in total. The number of hydrogen-bond acceptors (Lipinski definition) is 5. The molecule has 2 aromatic rings. The van der Waals surface area contributed by atoms with E-state index < -0.39 is 18.7 Å². The maximum absolute atomic E-state index is 13.9. The van der Waals surface area contributed by atoms with Gasteiger partial charge in [0.15, 0.2) is 12.7 Å². The number of amides is 1. The number of halogens is 1. The molecule has 1 atom stereocenters. The third-order valence-electron chi connectivity index (χ3n) is 4.50. The SMILES string of the molecule is O=C(OCC(=O)N1CCN(c2ccccc2F)CC1)[C@H](O)c1ccccc1. The zero-order chi connectivity index (χ0) is 19.2. The van der Waals surface area contributed by atoms with Crippen LogP contribution in [0.1, 0.15) is 11.7 Å². The molecule has 1 fully saturated rings. The second-order valence-corrected chi connectivity index (χ2v) is 6.24. The average Bonchev–Trinajstić information content (AvgIpc) is 2.72. The number of nitrogens with zero attached hydrogens (tertiary/aromatic N) is 2. The molecule has 1 aliphatic heterocycles. The highest BCUT2D eigenvalue weighted by Gasteiger charge is 2.25. The Balaban J connectivity index is 1.47. The van der Waals surface area contributed by atoms with Gasteiger partial charge in [-0.2, -0.15) is 0 Å². The topological polar surface area (TPSA) is 70.1 Å². The van der Waals surface area contributed by atoms with Gasteiger partial charge in [-0.25, -0.2) is 9.18 Å². The Morgan fingerprint density at radius 3 is 2.30 bits per heavy atom.